The minimum Gasteiger partial charge on any atom is -0.369 e. The van der Waals surface area contributed by atoms with Crippen molar-refractivity contribution in [3.63, 3.8) is 0 Å². The van der Waals surface area contributed by atoms with E-state index >= 15 is 0 Å². The number of aromatic amines is 2. The van der Waals surface area contributed by atoms with Crippen LogP contribution < -0.4 is 17.0 Å². The Morgan fingerprint density at radius 3 is 2.62 bits per heavy atom. The Kier molecular flexibility index (Phi) is 2.20. The predicted octanol–water partition coefficient (Wildman–Crippen LogP) is -0.535. The molecule has 86 valence electrons. The average Bonchev–Trinajstić information content (AvgIpc) is 2.62. The third-order valence-corrected chi connectivity index (χ3v) is 2.53. The van der Waals surface area contributed by atoms with E-state index in [1.165, 1.54) is 0 Å². The summed E-state index contributed by atoms with van der Waals surface area (Å²) in [5, 5.41) is 0. The third kappa shape index (κ3) is 1.54. The molecule has 0 amide bonds. The minimum absolute atomic E-state index is 0.0566. The first kappa shape index (κ1) is 10.6. The number of H-pyrrole nitrogens is 2. The zero-order valence-corrected chi connectivity index (χ0v) is 9.16. The molecule has 0 spiro atoms. The van der Waals surface area contributed by atoms with Crippen molar-refractivity contribution in [2.75, 3.05) is 12.3 Å². The van der Waals surface area contributed by atoms with Crippen molar-refractivity contribution in [2.45, 2.75) is 19.3 Å². The summed E-state index contributed by atoms with van der Waals surface area (Å²) >= 11 is 0. The van der Waals surface area contributed by atoms with Gasteiger partial charge >= 0.3 is 0 Å². The van der Waals surface area contributed by atoms with E-state index in [1.54, 1.807) is 0 Å². The standard InChI is InChI=1S/C9H14N6O/c1-9(2,3-10)7-12-4-5(13-7)14-8(11)15-6(4)16/h3,10H2,1-2H3,(H4,11,12,13,14,15,16). The number of hydrogen-bond donors (Lipinski definition) is 4. The van der Waals surface area contributed by atoms with E-state index in [9.17, 15) is 4.79 Å². The Morgan fingerprint density at radius 2 is 2.00 bits per heavy atom. The number of aromatic nitrogens is 4. The molecule has 0 aliphatic rings. The molecular weight excluding hydrogens is 208 g/mol. The van der Waals surface area contributed by atoms with Gasteiger partial charge in [0.15, 0.2) is 11.2 Å². The van der Waals surface area contributed by atoms with Crippen LogP contribution in [0.3, 0.4) is 0 Å². The second-order valence-electron chi connectivity index (χ2n) is 4.32. The summed E-state index contributed by atoms with van der Waals surface area (Å²) in [6, 6.07) is 0. The molecule has 7 heteroatoms. The van der Waals surface area contributed by atoms with E-state index in [2.05, 4.69) is 19.9 Å². The molecule has 0 saturated heterocycles. The molecule has 2 aromatic heterocycles. The number of imidazole rings is 1. The van der Waals surface area contributed by atoms with Crippen molar-refractivity contribution in [3.05, 3.63) is 16.2 Å². The molecule has 0 aliphatic heterocycles. The second kappa shape index (κ2) is 3.31. The molecule has 7 nitrogen and oxygen atoms in total. The number of nitrogens with two attached hydrogens (primary N) is 2. The fourth-order valence-electron chi connectivity index (χ4n) is 1.34. The van der Waals surface area contributed by atoms with Gasteiger partial charge in [0.05, 0.1) is 0 Å². The molecule has 0 atom stereocenters. The highest BCUT2D eigenvalue weighted by atomic mass is 16.1. The summed E-state index contributed by atoms with van der Waals surface area (Å²) in [5.41, 5.74) is 11.1. The monoisotopic (exact) mass is 222 g/mol. The van der Waals surface area contributed by atoms with Crippen LogP contribution in [0.25, 0.3) is 11.2 Å². The van der Waals surface area contributed by atoms with Crippen LogP contribution in [0, 0.1) is 0 Å². The predicted molar refractivity (Wildman–Crippen MR) is 61.0 cm³/mol. The molecule has 0 saturated carbocycles. The molecule has 6 N–H and O–H groups in total. The number of nitrogens with zero attached hydrogens (tertiary/aromatic N) is 2. The Labute approximate surface area is 91.3 Å². The van der Waals surface area contributed by atoms with Gasteiger partial charge < -0.3 is 16.5 Å². The van der Waals surface area contributed by atoms with Crippen LogP contribution in [0.15, 0.2) is 4.79 Å². The van der Waals surface area contributed by atoms with Crippen molar-refractivity contribution >= 4 is 17.1 Å². The lowest BCUT2D eigenvalue weighted by atomic mass is 9.93. The minimum atomic E-state index is -0.331. The average molecular weight is 222 g/mol. The van der Waals surface area contributed by atoms with Gasteiger partial charge in [-0.05, 0) is 0 Å². The van der Waals surface area contributed by atoms with E-state index in [0.29, 0.717) is 23.5 Å². The van der Waals surface area contributed by atoms with Gasteiger partial charge in [0.25, 0.3) is 5.56 Å². The Balaban J connectivity index is 2.70. The molecule has 2 aromatic rings. The first-order chi connectivity index (χ1) is 7.44. The van der Waals surface area contributed by atoms with Crippen LogP contribution in [0.1, 0.15) is 19.7 Å². The summed E-state index contributed by atoms with van der Waals surface area (Å²) in [5.74, 6) is 0.690. The highest BCUT2D eigenvalue weighted by Gasteiger charge is 2.23. The highest BCUT2D eigenvalue weighted by Crippen LogP contribution is 2.19. The van der Waals surface area contributed by atoms with E-state index in [4.69, 9.17) is 11.5 Å². The summed E-state index contributed by atoms with van der Waals surface area (Å²) in [7, 11) is 0. The Hall–Kier alpha value is -1.89. The maximum absolute atomic E-state index is 11.6. The molecule has 0 radical (unpaired) electrons. The summed E-state index contributed by atoms with van der Waals surface area (Å²) in [4.78, 5) is 25.1. The topological polar surface area (TPSA) is 126 Å². The van der Waals surface area contributed by atoms with Crippen LogP contribution in [0.5, 0.6) is 0 Å². The molecule has 2 heterocycles. The molecule has 0 fully saturated rings. The number of anilines is 1. The van der Waals surface area contributed by atoms with Crippen molar-refractivity contribution < 1.29 is 0 Å². The molecule has 0 unspecified atom stereocenters. The fourth-order valence-corrected chi connectivity index (χ4v) is 1.34. The summed E-state index contributed by atoms with van der Waals surface area (Å²) in [6.45, 7) is 4.28. The number of hydrogen-bond acceptors (Lipinski definition) is 5. The molecule has 0 bridgehead atoms. The number of rotatable bonds is 2. The van der Waals surface area contributed by atoms with E-state index in [-0.39, 0.29) is 16.9 Å². The first-order valence-corrected chi connectivity index (χ1v) is 4.90. The zero-order valence-electron chi connectivity index (χ0n) is 9.16. The van der Waals surface area contributed by atoms with Crippen molar-refractivity contribution in [3.8, 4) is 0 Å². The maximum Gasteiger partial charge on any atom is 0.278 e. The number of fused-ring (bicyclic) bond motifs is 1. The summed E-state index contributed by atoms with van der Waals surface area (Å²) < 4.78 is 0. The fraction of sp³-hybridized carbons (Fsp3) is 0.444. The first-order valence-electron chi connectivity index (χ1n) is 4.90. The molecule has 0 aliphatic carbocycles. The van der Waals surface area contributed by atoms with E-state index in [1.807, 2.05) is 13.8 Å². The van der Waals surface area contributed by atoms with Crippen LogP contribution >= 0.6 is 0 Å². The smallest absolute Gasteiger partial charge is 0.278 e. The molecule has 0 aromatic carbocycles. The van der Waals surface area contributed by atoms with E-state index in [0.717, 1.165) is 0 Å². The van der Waals surface area contributed by atoms with Gasteiger partial charge in [-0.25, -0.2) is 4.98 Å². The van der Waals surface area contributed by atoms with Crippen molar-refractivity contribution in [2.24, 2.45) is 5.73 Å². The van der Waals surface area contributed by atoms with Gasteiger partial charge in [-0.15, -0.1) is 0 Å². The maximum atomic E-state index is 11.6. The lowest BCUT2D eigenvalue weighted by Gasteiger charge is -2.18. The van der Waals surface area contributed by atoms with Crippen LogP contribution in [-0.4, -0.2) is 26.5 Å². The van der Waals surface area contributed by atoms with Gasteiger partial charge in [-0.2, -0.15) is 4.98 Å². The van der Waals surface area contributed by atoms with Gasteiger partial charge in [0, 0.05) is 12.0 Å². The van der Waals surface area contributed by atoms with Gasteiger partial charge in [-0.1, -0.05) is 13.8 Å². The largest absolute Gasteiger partial charge is 0.369 e. The lowest BCUT2D eigenvalue weighted by molar-refractivity contribution is 0.509. The molecule has 2 rings (SSSR count). The van der Waals surface area contributed by atoms with Gasteiger partial charge in [0.2, 0.25) is 5.95 Å². The van der Waals surface area contributed by atoms with Gasteiger partial charge in [0.1, 0.15) is 5.82 Å². The van der Waals surface area contributed by atoms with Crippen LogP contribution in [-0.2, 0) is 5.41 Å². The zero-order chi connectivity index (χ0) is 11.9. The quantitative estimate of drug-likeness (QED) is 0.543. The highest BCUT2D eigenvalue weighted by molar-refractivity contribution is 5.70. The third-order valence-electron chi connectivity index (χ3n) is 2.53. The van der Waals surface area contributed by atoms with Crippen LogP contribution in [0.2, 0.25) is 0 Å². The van der Waals surface area contributed by atoms with Crippen molar-refractivity contribution in [1.29, 1.82) is 0 Å². The number of nitrogen functional groups attached to an aromatic ring is 1. The molecular formula is C9H14N6O. The van der Waals surface area contributed by atoms with Crippen molar-refractivity contribution in [1.82, 2.24) is 19.9 Å². The Morgan fingerprint density at radius 1 is 1.31 bits per heavy atom. The lowest BCUT2D eigenvalue weighted by Crippen LogP contribution is -2.29. The van der Waals surface area contributed by atoms with E-state index < -0.39 is 0 Å². The van der Waals surface area contributed by atoms with Crippen LogP contribution in [0.4, 0.5) is 5.95 Å². The van der Waals surface area contributed by atoms with Gasteiger partial charge in [-0.3, -0.25) is 9.78 Å². The SMILES string of the molecule is CC(C)(CN)c1nc2nc(N)[nH]c(=O)c2[nH]1. The number of nitrogens with one attached hydrogen (secondary N) is 2. The molecule has 16 heavy (non-hydrogen) atoms. The summed E-state index contributed by atoms with van der Waals surface area (Å²) in [6.07, 6.45) is 0. The second-order valence-corrected chi connectivity index (χ2v) is 4.32. The Bertz CT molecular complexity index is 581. The normalized spacial score (nSPS) is 12.2.